The molecule has 2 saturated heterocycles. The van der Waals surface area contributed by atoms with E-state index in [9.17, 15) is 14.7 Å². The fraction of sp³-hybridized carbons (Fsp3) is 0.857. The largest absolute Gasteiger partial charge is 0.480 e. The average Bonchev–Trinajstić information content (AvgIpc) is 2.95. The number of rotatable bonds is 2. The maximum absolute atomic E-state index is 12.6. The number of thioether (sulfide) groups is 1. The maximum atomic E-state index is 12.6. The number of carboxylic acid groups (broad SMARTS) is 1. The Bertz CT molecular complexity index is 404. The van der Waals surface area contributed by atoms with Crippen molar-refractivity contribution in [2.45, 2.75) is 56.7 Å². The van der Waals surface area contributed by atoms with Gasteiger partial charge in [0, 0.05) is 11.8 Å². The van der Waals surface area contributed by atoms with Gasteiger partial charge < -0.3 is 15.3 Å². The van der Waals surface area contributed by atoms with Gasteiger partial charge in [-0.1, -0.05) is 12.8 Å². The molecule has 1 amide bonds. The summed E-state index contributed by atoms with van der Waals surface area (Å²) in [6, 6.07) is -0.349. The molecule has 20 heavy (non-hydrogen) atoms. The summed E-state index contributed by atoms with van der Waals surface area (Å²) in [6.45, 7) is 0. The normalized spacial score (nSPS) is 37.5. The molecule has 4 atom stereocenters. The van der Waals surface area contributed by atoms with E-state index in [1.807, 2.05) is 0 Å². The van der Waals surface area contributed by atoms with Crippen LogP contribution in [-0.2, 0) is 9.59 Å². The summed E-state index contributed by atoms with van der Waals surface area (Å²) in [5.41, 5.74) is 0. The fourth-order valence-corrected chi connectivity index (χ4v) is 4.91. The number of nitrogens with one attached hydrogen (secondary N) is 1. The molecule has 0 aromatic heterocycles. The molecule has 1 saturated carbocycles. The molecule has 3 aliphatic rings. The van der Waals surface area contributed by atoms with Crippen molar-refractivity contribution in [2.75, 3.05) is 11.6 Å². The Hall–Kier alpha value is -0.750. The van der Waals surface area contributed by atoms with E-state index in [2.05, 4.69) is 5.32 Å². The minimum Gasteiger partial charge on any atom is -0.480 e. The highest BCUT2D eigenvalue weighted by molar-refractivity contribution is 7.99. The van der Waals surface area contributed by atoms with Crippen LogP contribution in [0.1, 0.15) is 38.5 Å². The van der Waals surface area contributed by atoms with Crippen molar-refractivity contribution in [1.82, 2.24) is 10.2 Å². The highest BCUT2D eigenvalue weighted by Crippen LogP contribution is 2.33. The second-order valence-corrected chi connectivity index (χ2v) is 7.11. The Labute approximate surface area is 123 Å². The third-order valence-corrected chi connectivity index (χ3v) is 5.91. The Morgan fingerprint density at radius 2 is 1.95 bits per heavy atom. The molecule has 0 radical (unpaired) electrons. The number of piperidine rings is 1. The number of amides is 1. The highest BCUT2D eigenvalue weighted by atomic mass is 32.2. The average molecular weight is 298 g/mol. The molecule has 112 valence electrons. The molecule has 3 unspecified atom stereocenters. The molecule has 3 fully saturated rings. The number of carbonyl (C=O) groups is 2. The molecule has 1 aliphatic carbocycles. The first-order valence-electron chi connectivity index (χ1n) is 7.54. The van der Waals surface area contributed by atoms with Crippen LogP contribution in [0.3, 0.4) is 0 Å². The monoisotopic (exact) mass is 298 g/mol. The van der Waals surface area contributed by atoms with Crippen LogP contribution < -0.4 is 5.32 Å². The van der Waals surface area contributed by atoms with Gasteiger partial charge in [0.2, 0.25) is 5.91 Å². The first kappa shape index (κ1) is 14.2. The zero-order valence-corrected chi connectivity index (χ0v) is 12.4. The van der Waals surface area contributed by atoms with E-state index in [0.29, 0.717) is 17.7 Å². The molecule has 0 aromatic carbocycles. The molecular formula is C14H22N2O3S. The van der Waals surface area contributed by atoms with Crippen molar-refractivity contribution in [3.05, 3.63) is 0 Å². The van der Waals surface area contributed by atoms with Crippen molar-refractivity contribution >= 4 is 23.6 Å². The highest BCUT2D eigenvalue weighted by Gasteiger charge is 2.41. The molecule has 0 bridgehead atoms. The summed E-state index contributed by atoms with van der Waals surface area (Å²) in [6.07, 6.45) is 6.94. The van der Waals surface area contributed by atoms with Gasteiger partial charge >= 0.3 is 5.97 Å². The standard InChI is InChI=1S/C14H22N2O3S/c17-13(16-8-20-7-12(16)14(18)19)11-6-5-9-3-1-2-4-10(9)15-11/h9-12,15H,1-8H2,(H,18,19)/t9?,10?,11?,12-/m0/s1. The van der Waals surface area contributed by atoms with E-state index in [1.54, 1.807) is 4.90 Å². The van der Waals surface area contributed by atoms with Crippen molar-refractivity contribution in [2.24, 2.45) is 5.92 Å². The van der Waals surface area contributed by atoms with E-state index < -0.39 is 12.0 Å². The van der Waals surface area contributed by atoms with Crippen LogP contribution >= 0.6 is 11.8 Å². The number of carbonyl (C=O) groups excluding carboxylic acids is 1. The lowest BCUT2D eigenvalue weighted by atomic mass is 9.77. The number of aliphatic carboxylic acids is 1. The molecule has 2 N–H and O–H groups in total. The van der Waals surface area contributed by atoms with E-state index in [0.717, 1.165) is 25.2 Å². The van der Waals surface area contributed by atoms with Gasteiger partial charge in [-0.25, -0.2) is 4.79 Å². The van der Waals surface area contributed by atoms with E-state index >= 15 is 0 Å². The van der Waals surface area contributed by atoms with Gasteiger partial charge in [0.15, 0.2) is 0 Å². The van der Waals surface area contributed by atoms with Crippen LogP contribution in [0.25, 0.3) is 0 Å². The summed E-state index contributed by atoms with van der Waals surface area (Å²) in [7, 11) is 0. The molecule has 6 heteroatoms. The van der Waals surface area contributed by atoms with Gasteiger partial charge in [-0.05, 0) is 31.6 Å². The van der Waals surface area contributed by atoms with Crippen molar-refractivity contribution in [3.8, 4) is 0 Å². The lowest BCUT2D eigenvalue weighted by molar-refractivity contribution is -0.149. The van der Waals surface area contributed by atoms with Gasteiger partial charge in [0.1, 0.15) is 6.04 Å². The van der Waals surface area contributed by atoms with Crippen LogP contribution in [0.5, 0.6) is 0 Å². The molecule has 5 nitrogen and oxygen atoms in total. The van der Waals surface area contributed by atoms with Crippen LogP contribution in [0, 0.1) is 5.92 Å². The summed E-state index contributed by atoms with van der Waals surface area (Å²) in [5, 5.41) is 12.7. The Kier molecular flexibility index (Phi) is 4.21. The van der Waals surface area contributed by atoms with E-state index in [1.165, 1.54) is 31.0 Å². The predicted octanol–water partition coefficient (Wildman–Crippen LogP) is 1.28. The smallest absolute Gasteiger partial charge is 0.327 e. The number of hydrogen-bond acceptors (Lipinski definition) is 4. The van der Waals surface area contributed by atoms with Gasteiger partial charge in [0.25, 0.3) is 0 Å². The first-order chi connectivity index (χ1) is 9.66. The second kappa shape index (κ2) is 5.93. The quantitative estimate of drug-likeness (QED) is 0.804. The SMILES string of the molecule is O=C(O)[C@@H]1CSCN1C(=O)C1CCC2CCCCC2N1. The maximum Gasteiger partial charge on any atom is 0.327 e. The van der Waals surface area contributed by atoms with Gasteiger partial charge in [-0.15, -0.1) is 11.8 Å². The molecular weight excluding hydrogens is 276 g/mol. The van der Waals surface area contributed by atoms with Crippen molar-refractivity contribution in [3.63, 3.8) is 0 Å². The summed E-state index contributed by atoms with van der Waals surface area (Å²) in [5.74, 6) is 0.860. The minimum atomic E-state index is -0.880. The second-order valence-electron chi connectivity index (χ2n) is 6.11. The molecule has 0 spiro atoms. The topological polar surface area (TPSA) is 69.6 Å². The lowest BCUT2D eigenvalue weighted by Crippen LogP contribution is -2.57. The number of carboxylic acids is 1. The number of hydrogen-bond donors (Lipinski definition) is 2. The Balaban J connectivity index is 1.64. The predicted molar refractivity (Wildman–Crippen MR) is 77.5 cm³/mol. The van der Waals surface area contributed by atoms with E-state index in [4.69, 9.17) is 0 Å². The van der Waals surface area contributed by atoms with Crippen LogP contribution in [0.4, 0.5) is 0 Å². The third-order valence-electron chi connectivity index (χ3n) is 4.90. The summed E-state index contributed by atoms with van der Waals surface area (Å²) < 4.78 is 0. The molecule has 0 aromatic rings. The third kappa shape index (κ3) is 2.68. The first-order valence-corrected chi connectivity index (χ1v) is 8.69. The Morgan fingerprint density at radius 1 is 1.15 bits per heavy atom. The van der Waals surface area contributed by atoms with Crippen LogP contribution in [-0.4, -0.2) is 51.6 Å². The zero-order valence-electron chi connectivity index (χ0n) is 11.6. The van der Waals surface area contributed by atoms with Crippen LogP contribution in [0.2, 0.25) is 0 Å². The lowest BCUT2D eigenvalue weighted by Gasteiger charge is -2.41. The molecule has 2 aliphatic heterocycles. The van der Waals surface area contributed by atoms with Gasteiger partial charge in [0.05, 0.1) is 11.9 Å². The van der Waals surface area contributed by atoms with Gasteiger partial charge in [-0.3, -0.25) is 4.79 Å². The zero-order chi connectivity index (χ0) is 14.1. The number of fused-ring (bicyclic) bond motifs is 1. The fourth-order valence-electron chi connectivity index (χ4n) is 3.75. The van der Waals surface area contributed by atoms with Crippen molar-refractivity contribution in [1.29, 1.82) is 0 Å². The number of nitrogens with zero attached hydrogens (tertiary/aromatic N) is 1. The van der Waals surface area contributed by atoms with Crippen LogP contribution in [0.15, 0.2) is 0 Å². The van der Waals surface area contributed by atoms with Crippen molar-refractivity contribution < 1.29 is 14.7 Å². The summed E-state index contributed by atoms with van der Waals surface area (Å²) >= 11 is 1.53. The molecule has 3 rings (SSSR count). The molecule has 2 heterocycles. The summed E-state index contributed by atoms with van der Waals surface area (Å²) in [4.78, 5) is 25.3. The Morgan fingerprint density at radius 3 is 2.75 bits per heavy atom. The minimum absolute atomic E-state index is 0.00794. The van der Waals surface area contributed by atoms with Gasteiger partial charge in [-0.2, -0.15) is 0 Å². The van der Waals surface area contributed by atoms with E-state index in [-0.39, 0.29) is 11.9 Å².